The maximum Gasteiger partial charge on any atom is 0.341 e. The summed E-state index contributed by atoms with van der Waals surface area (Å²) in [5.74, 6) is -0.129. The van der Waals surface area contributed by atoms with Crippen molar-refractivity contribution in [2.75, 3.05) is 32.2 Å². The van der Waals surface area contributed by atoms with Crippen LogP contribution in [0.15, 0.2) is 43.1 Å². The number of ether oxygens (including phenoxy) is 3. The SMILES string of the molecule is CCOC(=O)c1cnc(NCCCOc2cc(-c3cnc(OC)c(F)c3)cc3c(C)ncnc23)nc1. The first-order valence-corrected chi connectivity index (χ1v) is 11.3. The Labute approximate surface area is 206 Å². The van der Waals surface area contributed by atoms with Crippen LogP contribution in [0.2, 0.25) is 0 Å². The summed E-state index contributed by atoms with van der Waals surface area (Å²) >= 11 is 0. The molecule has 0 saturated carbocycles. The summed E-state index contributed by atoms with van der Waals surface area (Å²) in [6, 6.07) is 5.06. The lowest BCUT2D eigenvalue weighted by molar-refractivity contribution is 0.0525. The fraction of sp³-hybridized carbons (Fsp3) is 0.280. The van der Waals surface area contributed by atoms with Gasteiger partial charge in [-0.15, -0.1) is 0 Å². The molecule has 0 aliphatic rings. The molecule has 0 amide bonds. The van der Waals surface area contributed by atoms with Crippen LogP contribution in [0, 0.1) is 12.7 Å². The van der Waals surface area contributed by atoms with Crippen LogP contribution in [0.5, 0.6) is 11.6 Å². The Hall–Kier alpha value is -4.41. The number of hydrogen-bond donors (Lipinski definition) is 1. The molecule has 186 valence electrons. The number of methoxy groups -OCH3 is 1. The molecule has 0 radical (unpaired) electrons. The van der Waals surface area contributed by atoms with Crippen molar-refractivity contribution in [2.45, 2.75) is 20.3 Å². The Morgan fingerprint density at radius 3 is 2.56 bits per heavy atom. The highest BCUT2D eigenvalue weighted by Gasteiger charge is 2.13. The van der Waals surface area contributed by atoms with Crippen molar-refractivity contribution >= 4 is 22.8 Å². The molecule has 11 heteroatoms. The van der Waals surface area contributed by atoms with Gasteiger partial charge in [0.2, 0.25) is 11.8 Å². The number of carbonyl (C=O) groups excluding carboxylic acids is 1. The van der Waals surface area contributed by atoms with Gasteiger partial charge in [-0.05, 0) is 44.0 Å². The number of pyridine rings is 1. The number of esters is 1. The van der Waals surface area contributed by atoms with Crippen LogP contribution in [0.1, 0.15) is 29.4 Å². The van der Waals surface area contributed by atoms with Crippen molar-refractivity contribution in [3.63, 3.8) is 0 Å². The Morgan fingerprint density at radius 1 is 1.03 bits per heavy atom. The predicted octanol–water partition coefficient (Wildman–Crippen LogP) is 4.00. The fourth-order valence-corrected chi connectivity index (χ4v) is 3.46. The molecule has 1 aromatic carbocycles. The van der Waals surface area contributed by atoms with Gasteiger partial charge < -0.3 is 19.5 Å². The number of aromatic nitrogens is 5. The molecule has 10 nitrogen and oxygen atoms in total. The largest absolute Gasteiger partial charge is 0.491 e. The average Bonchev–Trinajstić information content (AvgIpc) is 2.89. The first-order chi connectivity index (χ1) is 17.5. The Balaban J connectivity index is 1.43. The van der Waals surface area contributed by atoms with Gasteiger partial charge in [0.25, 0.3) is 0 Å². The molecule has 1 N–H and O–H groups in total. The molecule has 3 aromatic heterocycles. The van der Waals surface area contributed by atoms with Gasteiger partial charge in [0.05, 0.1) is 25.9 Å². The molecule has 3 heterocycles. The number of carbonyl (C=O) groups is 1. The first kappa shape index (κ1) is 24.7. The van der Waals surface area contributed by atoms with E-state index in [1.807, 2.05) is 19.1 Å². The highest BCUT2D eigenvalue weighted by atomic mass is 19.1. The van der Waals surface area contributed by atoms with Crippen LogP contribution in [0.4, 0.5) is 10.3 Å². The monoisotopic (exact) mass is 492 g/mol. The molecular formula is C25H25FN6O4. The van der Waals surface area contributed by atoms with Gasteiger partial charge in [-0.3, -0.25) is 0 Å². The number of fused-ring (bicyclic) bond motifs is 1. The molecule has 0 aliphatic carbocycles. The van der Waals surface area contributed by atoms with Gasteiger partial charge in [0.1, 0.15) is 17.6 Å². The zero-order valence-electron chi connectivity index (χ0n) is 20.1. The van der Waals surface area contributed by atoms with Crippen molar-refractivity contribution in [1.82, 2.24) is 24.9 Å². The van der Waals surface area contributed by atoms with E-state index in [1.54, 1.807) is 13.1 Å². The highest BCUT2D eigenvalue weighted by Crippen LogP contribution is 2.33. The second-order valence-electron chi connectivity index (χ2n) is 7.69. The molecule has 36 heavy (non-hydrogen) atoms. The van der Waals surface area contributed by atoms with E-state index >= 15 is 0 Å². The minimum Gasteiger partial charge on any atom is -0.491 e. The third kappa shape index (κ3) is 5.62. The van der Waals surface area contributed by atoms with Crippen LogP contribution in [0.3, 0.4) is 0 Å². The second kappa shape index (κ2) is 11.3. The number of nitrogens with one attached hydrogen (secondary N) is 1. The maximum atomic E-state index is 14.3. The summed E-state index contributed by atoms with van der Waals surface area (Å²) in [6.45, 7) is 4.82. The van der Waals surface area contributed by atoms with Crippen LogP contribution in [0.25, 0.3) is 22.0 Å². The lowest BCUT2D eigenvalue weighted by atomic mass is 10.0. The van der Waals surface area contributed by atoms with Crippen LogP contribution >= 0.6 is 0 Å². The average molecular weight is 493 g/mol. The van der Waals surface area contributed by atoms with Crippen LogP contribution in [-0.2, 0) is 4.74 Å². The van der Waals surface area contributed by atoms with Crippen molar-refractivity contribution in [2.24, 2.45) is 0 Å². The third-order valence-electron chi connectivity index (χ3n) is 5.26. The second-order valence-corrected chi connectivity index (χ2v) is 7.69. The Bertz CT molecular complexity index is 1370. The van der Waals surface area contributed by atoms with Crippen molar-refractivity contribution in [3.05, 3.63) is 60.2 Å². The van der Waals surface area contributed by atoms with E-state index in [9.17, 15) is 9.18 Å². The zero-order chi connectivity index (χ0) is 25.5. The van der Waals surface area contributed by atoms with Crippen molar-refractivity contribution in [1.29, 1.82) is 0 Å². The molecule has 0 unspecified atom stereocenters. The number of hydrogen-bond acceptors (Lipinski definition) is 10. The van der Waals surface area contributed by atoms with Gasteiger partial charge in [0.15, 0.2) is 5.82 Å². The predicted molar refractivity (Wildman–Crippen MR) is 131 cm³/mol. The lowest BCUT2D eigenvalue weighted by Gasteiger charge is -2.13. The van der Waals surface area contributed by atoms with E-state index in [0.29, 0.717) is 47.9 Å². The standard InChI is InChI=1S/C25H25FN6O4/c1-4-35-24(33)18-12-29-25(30-13-18)27-6-5-7-36-21-10-16(8-19-15(2)31-14-32-22(19)21)17-9-20(26)23(34-3)28-11-17/h8-14H,4-7H2,1-3H3,(H,27,29,30). The first-order valence-electron chi connectivity index (χ1n) is 11.3. The van der Waals surface area contributed by atoms with E-state index in [2.05, 4.69) is 30.2 Å². The summed E-state index contributed by atoms with van der Waals surface area (Å²) in [4.78, 5) is 32.6. The lowest BCUT2D eigenvalue weighted by Crippen LogP contribution is -2.11. The molecule has 0 fully saturated rings. The van der Waals surface area contributed by atoms with E-state index in [0.717, 1.165) is 16.6 Å². The molecular weight excluding hydrogens is 467 g/mol. The summed E-state index contributed by atoms with van der Waals surface area (Å²) in [7, 11) is 1.37. The molecule has 0 atom stereocenters. The summed E-state index contributed by atoms with van der Waals surface area (Å²) < 4.78 is 30.2. The van der Waals surface area contributed by atoms with Gasteiger partial charge >= 0.3 is 5.97 Å². The highest BCUT2D eigenvalue weighted by molar-refractivity contribution is 5.91. The molecule has 4 aromatic rings. The minimum atomic E-state index is -0.554. The van der Waals surface area contributed by atoms with E-state index in [4.69, 9.17) is 14.2 Å². The van der Waals surface area contributed by atoms with Crippen LogP contribution in [-0.4, -0.2) is 57.8 Å². The summed E-state index contributed by atoms with van der Waals surface area (Å²) in [6.07, 6.45) is 6.50. The number of rotatable bonds is 10. The topological polar surface area (TPSA) is 121 Å². The van der Waals surface area contributed by atoms with Crippen LogP contribution < -0.4 is 14.8 Å². The number of nitrogens with zero attached hydrogens (tertiary/aromatic N) is 5. The zero-order valence-corrected chi connectivity index (χ0v) is 20.1. The van der Waals surface area contributed by atoms with E-state index in [-0.39, 0.29) is 12.5 Å². The van der Waals surface area contributed by atoms with Crippen molar-refractivity contribution in [3.8, 4) is 22.8 Å². The number of benzene rings is 1. The van der Waals surface area contributed by atoms with Gasteiger partial charge in [0, 0.05) is 41.8 Å². The number of halogens is 1. The molecule has 4 rings (SSSR count). The third-order valence-corrected chi connectivity index (χ3v) is 5.26. The molecule has 0 bridgehead atoms. The van der Waals surface area contributed by atoms with E-state index in [1.165, 1.54) is 31.9 Å². The quantitative estimate of drug-likeness (QED) is 0.257. The number of aryl methyl sites for hydroxylation is 1. The number of anilines is 1. The van der Waals surface area contributed by atoms with Gasteiger partial charge in [-0.1, -0.05) is 0 Å². The Kier molecular flexibility index (Phi) is 7.79. The smallest absolute Gasteiger partial charge is 0.341 e. The molecule has 0 spiro atoms. The minimum absolute atomic E-state index is 0.0671. The normalized spacial score (nSPS) is 10.8. The Morgan fingerprint density at radius 2 is 1.83 bits per heavy atom. The van der Waals surface area contributed by atoms with E-state index < -0.39 is 11.8 Å². The summed E-state index contributed by atoms with van der Waals surface area (Å²) in [5.41, 5.74) is 3.03. The fourth-order valence-electron chi connectivity index (χ4n) is 3.46. The van der Waals surface area contributed by atoms with Gasteiger partial charge in [-0.25, -0.2) is 34.1 Å². The summed E-state index contributed by atoms with van der Waals surface area (Å²) in [5, 5.41) is 3.89. The molecule has 0 aliphatic heterocycles. The maximum absolute atomic E-state index is 14.3. The molecule has 0 saturated heterocycles. The van der Waals surface area contributed by atoms with Gasteiger partial charge in [-0.2, -0.15) is 0 Å². The van der Waals surface area contributed by atoms with Crippen molar-refractivity contribution < 1.29 is 23.4 Å².